The Labute approximate surface area is 152 Å². The molecule has 1 amide bonds. The normalized spacial score (nSPS) is 17.8. The lowest BCUT2D eigenvalue weighted by Crippen LogP contribution is -2.37. The summed E-state index contributed by atoms with van der Waals surface area (Å²) in [5, 5.41) is 8.11. The number of hydrogen-bond donors (Lipinski definition) is 1. The van der Waals surface area contributed by atoms with Crippen LogP contribution in [-0.4, -0.2) is 47.4 Å². The number of halogens is 1. The van der Waals surface area contributed by atoms with Gasteiger partial charge in [0.15, 0.2) is 0 Å². The first kappa shape index (κ1) is 17.9. The molecule has 0 saturated carbocycles. The number of carbonyl (C=O) groups is 1. The second-order valence-electron chi connectivity index (χ2n) is 6.41. The fourth-order valence-electron chi connectivity index (χ4n) is 3.20. The molecule has 1 atom stereocenters. The number of nitrogens with one attached hydrogen (secondary N) is 1. The van der Waals surface area contributed by atoms with Gasteiger partial charge in [0.05, 0.1) is 5.69 Å². The maximum Gasteiger partial charge on any atom is 0.245 e. The molecule has 6 nitrogen and oxygen atoms in total. The van der Waals surface area contributed by atoms with Crippen LogP contribution in [0.15, 0.2) is 36.5 Å². The fourth-order valence-corrected chi connectivity index (χ4v) is 3.42. The summed E-state index contributed by atoms with van der Waals surface area (Å²) in [4.78, 5) is 14.1. The van der Waals surface area contributed by atoms with E-state index in [-0.39, 0.29) is 18.4 Å². The lowest BCUT2D eigenvalue weighted by molar-refractivity contribution is -0.124. The summed E-state index contributed by atoms with van der Waals surface area (Å²) in [6.45, 7) is 4.01. The van der Waals surface area contributed by atoms with Crippen molar-refractivity contribution in [2.75, 3.05) is 26.8 Å². The van der Waals surface area contributed by atoms with Crippen molar-refractivity contribution in [1.82, 2.24) is 20.0 Å². The summed E-state index contributed by atoms with van der Waals surface area (Å²) >= 11 is 6.11. The number of hydrogen-bond acceptors (Lipinski definition) is 4. The van der Waals surface area contributed by atoms with Gasteiger partial charge in [0, 0.05) is 57.0 Å². The first-order valence-electron chi connectivity index (χ1n) is 8.37. The van der Waals surface area contributed by atoms with E-state index in [1.54, 1.807) is 0 Å². The minimum absolute atomic E-state index is 0.0890. The van der Waals surface area contributed by atoms with E-state index in [2.05, 4.69) is 27.4 Å². The van der Waals surface area contributed by atoms with Crippen molar-refractivity contribution in [3.8, 4) is 0 Å². The lowest BCUT2D eigenvalue weighted by atomic mass is 10.1. The first-order chi connectivity index (χ1) is 12.1. The predicted octanol–water partition coefficient (Wildman–Crippen LogP) is 1.93. The van der Waals surface area contributed by atoms with Gasteiger partial charge in [-0.2, -0.15) is 5.10 Å². The Kier molecular flexibility index (Phi) is 6.07. The summed E-state index contributed by atoms with van der Waals surface area (Å²) < 4.78 is 6.90. The number of fused-ring (bicyclic) bond motifs is 1. The summed E-state index contributed by atoms with van der Waals surface area (Å²) in [5.74, 6) is 0.190. The van der Waals surface area contributed by atoms with Crippen LogP contribution >= 0.6 is 11.6 Å². The van der Waals surface area contributed by atoms with Gasteiger partial charge >= 0.3 is 0 Å². The number of nitrogens with zero attached hydrogens (tertiary/aromatic N) is 3. The van der Waals surface area contributed by atoms with Crippen LogP contribution in [0.5, 0.6) is 0 Å². The molecule has 25 heavy (non-hydrogen) atoms. The molecule has 0 unspecified atom stereocenters. The minimum Gasteiger partial charge on any atom is -0.375 e. The van der Waals surface area contributed by atoms with Gasteiger partial charge in [-0.3, -0.25) is 14.4 Å². The second kappa shape index (κ2) is 8.47. The number of methoxy groups -OCH3 is 1. The highest BCUT2D eigenvalue weighted by atomic mass is 35.5. The molecule has 7 heteroatoms. The molecule has 1 N–H and O–H groups in total. The van der Waals surface area contributed by atoms with Gasteiger partial charge < -0.3 is 10.1 Å². The molecule has 3 rings (SSSR count). The summed E-state index contributed by atoms with van der Waals surface area (Å²) in [5.41, 5.74) is 2.37. The molecule has 0 saturated heterocycles. The largest absolute Gasteiger partial charge is 0.375 e. The highest BCUT2D eigenvalue weighted by Crippen LogP contribution is 2.19. The number of carbonyl (C=O) groups excluding carboxylic acids is 1. The molecule has 1 aliphatic rings. The van der Waals surface area contributed by atoms with E-state index in [1.807, 2.05) is 29.1 Å². The van der Waals surface area contributed by atoms with E-state index >= 15 is 0 Å². The smallest absolute Gasteiger partial charge is 0.245 e. The average Bonchev–Trinajstić information content (AvgIpc) is 2.93. The maximum absolute atomic E-state index is 11.7. The standard InChI is InChI=1S/C18H23ClN4O2/c1-25-13-18(24)20-8-15-10-22(9-14-3-2-4-16(19)7-14)12-17-5-6-21-23(17)11-15/h2-7,15H,8-13H2,1H3,(H,20,24)/t15-/m1/s1. The van der Waals surface area contributed by atoms with Crippen molar-refractivity contribution < 1.29 is 9.53 Å². The number of rotatable bonds is 6. The van der Waals surface area contributed by atoms with Gasteiger partial charge in [0.2, 0.25) is 5.91 Å². The van der Waals surface area contributed by atoms with Crippen LogP contribution in [0, 0.1) is 5.92 Å². The van der Waals surface area contributed by atoms with Crippen LogP contribution in [0.3, 0.4) is 0 Å². The zero-order valence-electron chi connectivity index (χ0n) is 14.3. The quantitative estimate of drug-likeness (QED) is 0.853. The molecule has 0 aliphatic carbocycles. The highest BCUT2D eigenvalue weighted by Gasteiger charge is 2.23. The third kappa shape index (κ3) is 5.04. The monoisotopic (exact) mass is 362 g/mol. The van der Waals surface area contributed by atoms with Crippen LogP contribution in [0.25, 0.3) is 0 Å². The predicted molar refractivity (Wildman–Crippen MR) is 96.2 cm³/mol. The van der Waals surface area contributed by atoms with Gasteiger partial charge in [0.25, 0.3) is 0 Å². The molecule has 0 radical (unpaired) electrons. The molecule has 0 spiro atoms. The third-order valence-electron chi connectivity index (χ3n) is 4.30. The maximum atomic E-state index is 11.7. The number of amides is 1. The average molecular weight is 363 g/mol. The van der Waals surface area contributed by atoms with E-state index < -0.39 is 0 Å². The van der Waals surface area contributed by atoms with E-state index in [4.69, 9.17) is 16.3 Å². The Morgan fingerprint density at radius 3 is 3.08 bits per heavy atom. The molecule has 2 heterocycles. The van der Waals surface area contributed by atoms with Crippen molar-refractivity contribution in [3.63, 3.8) is 0 Å². The molecule has 0 bridgehead atoms. The first-order valence-corrected chi connectivity index (χ1v) is 8.75. The van der Waals surface area contributed by atoms with Crippen molar-refractivity contribution in [3.05, 3.63) is 52.8 Å². The van der Waals surface area contributed by atoms with Crippen LogP contribution < -0.4 is 5.32 Å². The topological polar surface area (TPSA) is 59.4 Å². The fraction of sp³-hybridized carbons (Fsp3) is 0.444. The van der Waals surface area contributed by atoms with Gasteiger partial charge in [-0.05, 0) is 23.8 Å². The van der Waals surface area contributed by atoms with E-state index in [0.717, 1.165) is 31.2 Å². The molecular weight excluding hydrogens is 340 g/mol. The second-order valence-corrected chi connectivity index (χ2v) is 6.84. The Balaban J connectivity index is 1.69. The SMILES string of the molecule is COCC(=O)NC[C@@H]1CN(Cc2cccc(Cl)c2)Cc2ccnn2C1. The molecule has 2 aromatic rings. The van der Waals surface area contributed by atoms with Crippen molar-refractivity contribution in [1.29, 1.82) is 0 Å². The Morgan fingerprint density at radius 2 is 2.28 bits per heavy atom. The van der Waals surface area contributed by atoms with Gasteiger partial charge in [-0.15, -0.1) is 0 Å². The van der Waals surface area contributed by atoms with Crippen LogP contribution in [0.2, 0.25) is 5.02 Å². The third-order valence-corrected chi connectivity index (χ3v) is 4.53. The van der Waals surface area contributed by atoms with Crippen molar-refractivity contribution >= 4 is 17.5 Å². The van der Waals surface area contributed by atoms with Crippen molar-refractivity contribution in [2.24, 2.45) is 5.92 Å². The lowest BCUT2D eigenvalue weighted by Gasteiger charge is -2.24. The zero-order valence-corrected chi connectivity index (χ0v) is 15.1. The van der Waals surface area contributed by atoms with Gasteiger partial charge in [-0.25, -0.2) is 0 Å². The van der Waals surface area contributed by atoms with E-state index in [1.165, 1.54) is 18.4 Å². The van der Waals surface area contributed by atoms with Gasteiger partial charge in [0.1, 0.15) is 6.61 Å². The number of ether oxygens (including phenoxy) is 1. The zero-order chi connectivity index (χ0) is 17.6. The minimum atomic E-state index is -0.0890. The summed E-state index contributed by atoms with van der Waals surface area (Å²) in [7, 11) is 1.52. The molecular formula is C18H23ClN4O2. The Morgan fingerprint density at radius 1 is 1.40 bits per heavy atom. The molecule has 1 aromatic carbocycles. The number of benzene rings is 1. The Bertz CT molecular complexity index is 719. The molecule has 1 aromatic heterocycles. The van der Waals surface area contributed by atoms with Crippen LogP contribution in [-0.2, 0) is 29.2 Å². The number of aromatic nitrogens is 2. The summed E-state index contributed by atoms with van der Waals surface area (Å²) in [6.07, 6.45) is 1.83. The van der Waals surface area contributed by atoms with E-state index in [9.17, 15) is 4.79 Å². The van der Waals surface area contributed by atoms with Gasteiger partial charge in [-0.1, -0.05) is 23.7 Å². The Hall–Kier alpha value is -1.89. The molecule has 0 fully saturated rings. The highest BCUT2D eigenvalue weighted by molar-refractivity contribution is 6.30. The van der Waals surface area contributed by atoms with Crippen LogP contribution in [0.4, 0.5) is 0 Å². The summed E-state index contributed by atoms with van der Waals surface area (Å²) in [6, 6.07) is 10.00. The van der Waals surface area contributed by atoms with Crippen LogP contribution in [0.1, 0.15) is 11.3 Å². The van der Waals surface area contributed by atoms with E-state index in [0.29, 0.717) is 6.54 Å². The molecule has 1 aliphatic heterocycles. The molecule has 134 valence electrons. The van der Waals surface area contributed by atoms with Crippen molar-refractivity contribution in [2.45, 2.75) is 19.6 Å².